The Kier molecular flexibility index (Phi) is 4.08. The Balaban J connectivity index is 2.14. The fraction of sp³-hybridized carbons (Fsp3) is 0.231. The lowest BCUT2D eigenvalue weighted by Crippen LogP contribution is -1.94. The average molecular weight is 289 g/mol. The summed E-state index contributed by atoms with van der Waals surface area (Å²) >= 11 is 14.1. The summed E-state index contributed by atoms with van der Waals surface area (Å²) < 4.78 is 12.8. The number of hydrogen-bond donors (Lipinski definition) is 0. The molecule has 1 heterocycles. The second-order valence-corrected chi connectivity index (χ2v) is 5.71. The van der Waals surface area contributed by atoms with Crippen LogP contribution >= 0.6 is 34.5 Å². The molecule has 0 nitrogen and oxygen atoms in total. The minimum Gasteiger partial charge on any atom is -0.207 e. The van der Waals surface area contributed by atoms with Crippen molar-refractivity contribution in [2.75, 3.05) is 0 Å². The Bertz CT molecular complexity index is 505. The average Bonchev–Trinajstić information content (AvgIpc) is 2.63. The highest BCUT2D eigenvalue weighted by Crippen LogP contribution is 2.37. The molecule has 4 heteroatoms. The first-order chi connectivity index (χ1) is 8.08. The Morgan fingerprint density at radius 2 is 1.94 bits per heavy atom. The molecule has 1 atom stereocenters. The second-order valence-electron chi connectivity index (χ2n) is 3.90. The van der Waals surface area contributed by atoms with E-state index in [1.165, 1.54) is 12.1 Å². The zero-order valence-electron chi connectivity index (χ0n) is 9.21. The van der Waals surface area contributed by atoms with Gasteiger partial charge in [-0.2, -0.15) is 0 Å². The monoisotopic (exact) mass is 288 g/mol. The molecule has 0 amide bonds. The van der Waals surface area contributed by atoms with E-state index < -0.39 is 0 Å². The van der Waals surface area contributed by atoms with Crippen LogP contribution in [-0.2, 0) is 6.42 Å². The molecule has 90 valence electrons. The minimum absolute atomic E-state index is 0.160. The third kappa shape index (κ3) is 3.01. The van der Waals surface area contributed by atoms with E-state index >= 15 is 0 Å². The number of alkyl halides is 1. The number of hydrogen-bond acceptors (Lipinski definition) is 1. The van der Waals surface area contributed by atoms with Crippen LogP contribution in [0.5, 0.6) is 0 Å². The van der Waals surface area contributed by atoms with Crippen molar-refractivity contribution in [3.05, 3.63) is 56.5 Å². The van der Waals surface area contributed by atoms with Crippen LogP contribution in [0.15, 0.2) is 29.6 Å². The topological polar surface area (TPSA) is 0 Å². The lowest BCUT2D eigenvalue weighted by molar-refractivity contribution is 0.627. The van der Waals surface area contributed by atoms with Gasteiger partial charge in [-0.3, -0.25) is 0 Å². The van der Waals surface area contributed by atoms with Gasteiger partial charge in [0.05, 0.1) is 10.4 Å². The molecule has 0 radical (unpaired) electrons. The molecule has 1 aromatic heterocycles. The number of benzene rings is 1. The van der Waals surface area contributed by atoms with E-state index in [0.29, 0.717) is 6.42 Å². The molecule has 1 aromatic carbocycles. The lowest BCUT2D eigenvalue weighted by atomic mass is 10.1. The van der Waals surface area contributed by atoms with Gasteiger partial charge in [-0.05, 0) is 42.0 Å². The molecule has 0 saturated heterocycles. The summed E-state index contributed by atoms with van der Waals surface area (Å²) in [5, 5.41) is 2.58. The fourth-order valence-electron chi connectivity index (χ4n) is 1.58. The van der Waals surface area contributed by atoms with Gasteiger partial charge in [0, 0.05) is 4.88 Å². The molecular weight excluding hydrogens is 278 g/mol. The maximum absolute atomic E-state index is 12.8. The molecule has 0 spiro atoms. The minimum atomic E-state index is -0.232. The van der Waals surface area contributed by atoms with Crippen molar-refractivity contribution in [3.63, 3.8) is 0 Å². The van der Waals surface area contributed by atoms with Crippen LogP contribution in [0.25, 0.3) is 0 Å². The third-order valence-corrected chi connectivity index (χ3v) is 4.87. The largest absolute Gasteiger partial charge is 0.207 e. The Hall–Kier alpha value is -0.570. The van der Waals surface area contributed by atoms with Gasteiger partial charge in [-0.1, -0.05) is 23.7 Å². The van der Waals surface area contributed by atoms with Gasteiger partial charge in [0.1, 0.15) is 5.82 Å². The van der Waals surface area contributed by atoms with Crippen LogP contribution in [0.1, 0.15) is 21.4 Å². The zero-order chi connectivity index (χ0) is 12.4. The first-order valence-electron chi connectivity index (χ1n) is 5.20. The van der Waals surface area contributed by atoms with E-state index in [4.69, 9.17) is 23.2 Å². The van der Waals surface area contributed by atoms with Crippen molar-refractivity contribution in [1.29, 1.82) is 0 Å². The number of halogens is 3. The molecule has 2 rings (SSSR count). The predicted octanol–water partition coefficient (Wildman–Crippen LogP) is 5.37. The van der Waals surface area contributed by atoms with Crippen LogP contribution in [0.2, 0.25) is 5.02 Å². The summed E-state index contributed by atoms with van der Waals surface area (Å²) in [6, 6.07) is 6.39. The van der Waals surface area contributed by atoms with Crippen LogP contribution < -0.4 is 0 Å². The summed E-state index contributed by atoms with van der Waals surface area (Å²) in [4.78, 5) is 0.982. The summed E-state index contributed by atoms with van der Waals surface area (Å²) in [6.07, 6.45) is 0.654. The molecule has 1 unspecified atom stereocenters. The number of rotatable bonds is 3. The summed E-state index contributed by atoms with van der Waals surface area (Å²) in [6.45, 7) is 1.96. The van der Waals surface area contributed by atoms with E-state index in [-0.39, 0.29) is 11.2 Å². The lowest BCUT2D eigenvalue weighted by Gasteiger charge is -2.08. The van der Waals surface area contributed by atoms with Crippen molar-refractivity contribution < 1.29 is 4.39 Å². The Morgan fingerprint density at radius 3 is 2.47 bits per heavy atom. The molecule has 0 saturated carbocycles. The number of aryl methyl sites for hydroxylation is 1. The molecule has 0 N–H and O–H groups in total. The quantitative estimate of drug-likeness (QED) is 0.666. The Morgan fingerprint density at radius 1 is 1.29 bits per heavy atom. The first kappa shape index (κ1) is 12.9. The SMILES string of the molecule is Cc1csc(C(Cl)Cc2ccc(F)cc2)c1Cl. The highest BCUT2D eigenvalue weighted by atomic mass is 35.5. The van der Waals surface area contributed by atoms with Crippen molar-refractivity contribution in [2.24, 2.45) is 0 Å². The smallest absolute Gasteiger partial charge is 0.123 e. The van der Waals surface area contributed by atoms with Gasteiger partial charge in [-0.25, -0.2) is 4.39 Å². The fourth-order valence-corrected chi connectivity index (χ4v) is 3.38. The number of thiophene rings is 1. The maximum Gasteiger partial charge on any atom is 0.123 e. The maximum atomic E-state index is 12.8. The molecule has 0 fully saturated rings. The highest BCUT2D eigenvalue weighted by Gasteiger charge is 2.16. The van der Waals surface area contributed by atoms with Gasteiger partial charge in [0.25, 0.3) is 0 Å². The predicted molar refractivity (Wildman–Crippen MR) is 72.8 cm³/mol. The van der Waals surface area contributed by atoms with E-state index in [2.05, 4.69) is 0 Å². The van der Waals surface area contributed by atoms with Gasteiger partial charge < -0.3 is 0 Å². The zero-order valence-corrected chi connectivity index (χ0v) is 11.5. The highest BCUT2D eigenvalue weighted by molar-refractivity contribution is 7.11. The second kappa shape index (κ2) is 5.38. The molecule has 0 aliphatic heterocycles. The molecule has 0 aliphatic rings. The van der Waals surface area contributed by atoms with E-state index in [0.717, 1.165) is 21.0 Å². The van der Waals surface area contributed by atoms with E-state index in [1.54, 1.807) is 23.5 Å². The normalized spacial score (nSPS) is 12.7. The van der Waals surface area contributed by atoms with Crippen LogP contribution in [0.3, 0.4) is 0 Å². The van der Waals surface area contributed by atoms with Gasteiger partial charge >= 0.3 is 0 Å². The summed E-state index contributed by atoms with van der Waals surface area (Å²) in [5.74, 6) is -0.232. The van der Waals surface area contributed by atoms with Crippen LogP contribution in [-0.4, -0.2) is 0 Å². The van der Waals surface area contributed by atoms with E-state index in [9.17, 15) is 4.39 Å². The molecule has 2 aromatic rings. The van der Waals surface area contributed by atoms with E-state index in [1.807, 2.05) is 12.3 Å². The Labute approximate surface area is 114 Å². The van der Waals surface area contributed by atoms with Crippen molar-refractivity contribution in [3.8, 4) is 0 Å². The first-order valence-corrected chi connectivity index (χ1v) is 6.89. The van der Waals surface area contributed by atoms with Crippen molar-refractivity contribution in [2.45, 2.75) is 18.7 Å². The van der Waals surface area contributed by atoms with Gasteiger partial charge in [0.15, 0.2) is 0 Å². The molecule has 0 bridgehead atoms. The van der Waals surface area contributed by atoms with Crippen LogP contribution in [0, 0.1) is 12.7 Å². The molecule has 0 aliphatic carbocycles. The molecule has 17 heavy (non-hydrogen) atoms. The summed E-state index contributed by atoms with van der Waals surface area (Å²) in [5.41, 5.74) is 2.06. The standard InChI is InChI=1S/C13H11Cl2FS/c1-8-7-17-13(12(8)15)11(14)6-9-2-4-10(16)5-3-9/h2-5,7,11H,6H2,1H3. The van der Waals surface area contributed by atoms with Gasteiger partial charge in [-0.15, -0.1) is 22.9 Å². The van der Waals surface area contributed by atoms with Crippen molar-refractivity contribution in [1.82, 2.24) is 0 Å². The van der Waals surface area contributed by atoms with Gasteiger partial charge in [0.2, 0.25) is 0 Å². The third-order valence-electron chi connectivity index (χ3n) is 2.54. The molecular formula is C13H11Cl2FS. The summed E-state index contributed by atoms with van der Waals surface area (Å²) in [7, 11) is 0. The van der Waals surface area contributed by atoms with Crippen molar-refractivity contribution >= 4 is 34.5 Å². The van der Waals surface area contributed by atoms with Crippen LogP contribution in [0.4, 0.5) is 4.39 Å².